The molecule has 1 aromatic heterocycles. The summed E-state index contributed by atoms with van der Waals surface area (Å²) in [6.07, 6.45) is 6.96. The zero-order valence-electron chi connectivity index (χ0n) is 10.0. The minimum atomic E-state index is 0.576. The van der Waals surface area contributed by atoms with Crippen LogP contribution in [0.25, 0.3) is 0 Å². The third kappa shape index (κ3) is 4.93. The van der Waals surface area contributed by atoms with Gasteiger partial charge in [-0.15, -0.1) is 0 Å². The molecule has 0 radical (unpaired) electrons. The van der Waals surface area contributed by atoms with E-state index in [-0.39, 0.29) is 0 Å². The molecule has 1 aromatic rings. The van der Waals surface area contributed by atoms with Gasteiger partial charge in [-0.1, -0.05) is 26.7 Å². The lowest BCUT2D eigenvalue weighted by molar-refractivity contribution is 0.544. The highest BCUT2D eigenvalue weighted by Crippen LogP contribution is 2.08. The monoisotopic (exact) mass is 223 g/mol. The minimum Gasteiger partial charge on any atom is -0.369 e. The van der Waals surface area contributed by atoms with Gasteiger partial charge in [0.05, 0.1) is 12.4 Å². The maximum absolute atomic E-state index is 5.25. The SMILES string of the molecule is CC(C)CCCCNc1cncc(NN)n1. The Balaban J connectivity index is 2.21. The molecule has 0 aliphatic carbocycles. The first-order chi connectivity index (χ1) is 7.72. The number of nitrogens with one attached hydrogen (secondary N) is 2. The number of anilines is 2. The number of nitrogens with zero attached hydrogens (tertiary/aromatic N) is 2. The molecule has 0 fully saturated rings. The second kappa shape index (κ2) is 7.00. The number of aromatic nitrogens is 2. The van der Waals surface area contributed by atoms with Crippen molar-refractivity contribution in [1.29, 1.82) is 0 Å². The molecule has 0 unspecified atom stereocenters. The molecule has 0 aromatic carbocycles. The van der Waals surface area contributed by atoms with Crippen LogP contribution in [-0.4, -0.2) is 16.5 Å². The van der Waals surface area contributed by atoms with E-state index in [1.165, 1.54) is 12.8 Å². The highest BCUT2D eigenvalue weighted by molar-refractivity contribution is 5.40. The molecule has 0 spiro atoms. The summed E-state index contributed by atoms with van der Waals surface area (Å²) < 4.78 is 0. The molecule has 0 aliphatic rings. The quantitative estimate of drug-likeness (QED) is 0.374. The van der Waals surface area contributed by atoms with E-state index >= 15 is 0 Å². The van der Waals surface area contributed by atoms with Crippen molar-refractivity contribution in [3.05, 3.63) is 12.4 Å². The third-order valence-electron chi connectivity index (χ3n) is 2.30. The fourth-order valence-electron chi connectivity index (χ4n) is 1.41. The summed E-state index contributed by atoms with van der Waals surface area (Å²) in [5.41, 5.74) is 2.47. The van der Waals surface area contributed by atoms with Gasteiger partial charge in [-0.2, -0.15) is 0 Å². The van der Waals surface area contributed by atoms with Crippen LogP contribution < -0.4 is 16.6 Å². The first kappa shape index (κ1) is 12.7. The third-order valence-corrected chi connectivity index (χ3v) is 2.30. The van der Waals surface area contributed by atoms with Gasteiger partial charge in [0.25, 0.3) is 0 Å². The fourth-order valence-corrected chi connectivity index (χ4v) is 1.41. The molecular formula is C11H21N5. The van der Waals surface area contributed by atoms with Gasteiger partial charge >= 0.3 is 0 Å². The summed E-state index contributed by atoms with van der Waals surface area (Å²) in [7, 11) is 0. The Kier molecular flexibility index (Phi) is 5.56. The Bertz CT molecular complexity index is 300. The van der Waals surface area contributed by atoms with E-state index in [4.69, 9.17) is 5.84 Å². The predicted octanol–water partition coefficient (Wildman–Crippen LogP) is 2.00. The Morgan fingerprint density at radius 3 is 2.69 bits per heavy atom. The summed E-state index contributed by atoms with van der Waals surface area (Å²) in [5, 5.41) is 3.22. The first-order valence-electron chi connectivity index (χ1n) is 5.75. The molecule has 1 rings (SSSR count). The highest BCUT2D eigenvalue weighted by Gasteiger charge is 1.97. The van der Waals surface area contributed by atoms with Crippen molar-refractivity contribution in [2.24, 2.45) is 11.8 Å². The molecule has 90 valence electrons. The van der Waals surface area contributed by atoms with Crippen molar-refractivity contribution >= 4 is 11.6 Å². The Morgan fingerprint density at radius 1 is 1.25 bits per heavy atom. The summed E-state index contributed by atoms with van der Waals surface area (Å²) in [4.78, 5) is 8.23. The molecule has 0 aliphatic heterocycles. The normalized spacial score (nSPS) is 10.5. The Hall–Kier alpha value is -1.36. The van der Waals surface area contributed by atoms with Crippen LogP contribution in [0.15, 0.2) is 12.4 Å². The second-order valence-electron chi connectivity index (χ2n) is 4.25. The van der Waals surface area contributed by atoms with Crippen molar-refractivity contribution < 1.29 is 0 Å². The van der Waals surface area contributed by atoms with Crippen molar-refractivity contribution in [2.45, 2.75) is 33.1 Å². The molecule has 0 atom stereocenters. The average Bonchev–Trinajstić information content (AvgIpc) is 2.28. The predicted molar refractivity (Wildman–Crippen MR) is 67.0 cm³/mol. The average molecular weight is 223 g/mol. The van der Waals surface area contributed by atoms with Gasteiger partial charge in [-0.3, -0.25) is 4.98 Å². The lowest BCUT2D eigenvalue weighted by Crippen LogP contribution is -2.11. The van der Waals surface area contributed by atoms with Crippen LogP contribution in [-0.2, 0) is 0 Å². The number of nitrogen functional groups attached to an aromatic ring is 1. The number of hydrogen-bond acceptors (Lipinski definition) is 5. The van der Waals surface area contributed by atoms with E-state index in [0.29, 0.717) is 5.82 Å². The lowest BCUT2D eigenvalue weighted by Gasteiger charge is -2.07. The van der Waals surface area contributed by atoms with E-state index in [2.05, 4.69) is 34.6 Å². The van der Waals surface area contributed by atoms with Crippen LogP contribution in [0.2, 0.25) is 0 Å². The zero-order valence-corrected chi connectivity index (χ0v) is 10.0. The van der Waals surface area contributed by atoms with Crippen LogP contribution in [0.4, 0.5) is 11.6 Å². The zero-order chi connectivity index (χ0) is 11.8. The van der Waals surface area contributed by atoms with Crippen molar-refractivity contribution in [2.75, 3.05) is 17.3 Å². The number of unbranched alkanes of at least 4 members (excludes halogenated alkanes) is 1. The van der Waals surface area contributed by atoms with Crippen LogP contribution in [0.1, 0.15) is 33.1 Å². The Morgan fingerprint density at radius 2 is 2.00 bits per heavy atom. The first-order valence-corrected chi connectivity index (χ1v) is 5.75. The van der Waals surface area contributed by atoms with E-state index < -0.39 is 0 Å². The molecule has 0 bridgehead atoms. The van der Waals surface area contributed by atoms with Crippen molar-refractivity contribution in [1.82, 2.24) is 9.97 Å². The van der Waals surface area contributed by atoms with E-state index in [1.54, 1.807) is 12.4 Å². The van der Waals surface area contributed by atoms with Crippen LogP contribution in [0, 0.1) is 5.92 Å². The van der Waals surface area contributed by atoms with Crippen molar-refractivity contribution in [3.63, 3.8) is 0 Å². The van der Waals surface area contributed by atoms with Crippen LogP contribution >= 0.6 is 0 Å². The van der Waals surface area contributed by atoms with E-state index in [1.807, 2.05) is 0 Å². The van der Waals surface area contributed by atoms with Crippen LogP contribution in [0.3, 0.4) is 0 Å². The standard InChI is InChI=1S/C11H21N5/c1-9(2)5-3-4-6-14-10-7-13-8-11(15-10)16-12/h7-9H,3-6,12H2,1-2H3,(H2,14,15,16). The molecule has 0 amide bonds. The number of hydrazine groups is 1. The Labute approximate surface area is 96.8 Å². The molecule has 0 saturated heterocycles. The summed E-state index contributed by atoms with van der Waals surface area (Å²) in [6, 6.07) is 0. The smallest absolute Gasteiger partial charge is 0.160 e. The fraction of sp³-hybridized carbons (Fsp3) is 0.636. The molecule has 4 N–H and O–H groups in total. The summed E-state index contributed by atoms with van der Waals surface area (Å²) in [5.74, 6) is 7.37. The molecule has 5 heteroatoms. The topological polar surface area (TPSA) is 75.9 Å². The summed E-state index contributed by atoms with van der Waals surface area (Å²) in [6.45, 7) is 5.42. The van der Waals surface area contributed by atoms with Crippen LogP contribution in [0.5, 0.6) is 0 Å². The van der Waals surface area contributed by atoms with Gasteiger partial charge in [0, 0.05) is 6.54 Å². The highest BCUT2D eigenvalue weighted by atomic mass is 15.3. The molecular weight excluding hydrogens is 202 g/mol. The van der Waals surface area contributed by atoms with Gasteiger partial charge in [0.1, 0.15) is 5.82 Å². The largest absolute Gasteiger partial charge is 0.369 e. The van der Waals surface area contributed by atoms with Crippen molar-refractivity contribution in [3.8, 4) is 0 Å². The maximum Gasteiger partial charge on any atom is 0.160 e. The second-order valence-corrected chi connectivity index (χ2v) is 4.25. The lowest BCUT2D eigenvalue weighted by atomic mass is 10.1. The number of hydrogen-bond donors (Lipinski definition) is 3. The molecule has 1 heterocycles. The van der Waals surface area contributed by atoms with Gasteiger partial charge in [-0.05, 0) is 12.3 Å². The van der Waals surface area contributed by atoms with Gasteiger partial charge < -0.3 is 10.7 Å². The van der Waals surface area contributed by atoms with E-state index in [9.17, 15) is 0 Å². The maximum atomic E-state index is 5.25. The molecule has 0 saturated carbocycles. The summed E-state index contributed by atoms with van der Waals surface area (Å²) >= 11 is 0. The molecule has 16 heavy (non-hydrogen) atoms. The molecule has 5 nitrogen and oxygen atoms in total. The van der Waals surface area contributed by atoms with Gasteiger partial charge in [0.15, 0.2) is 5.82 Å². The van der Waals surface area contributed by atoms with Gasteiger partial charge in [0.2, 0.25) is 0 Å². The van der Waals surface area contributed by atoms with Gasteiger partial charge in [-0.25, -0.2) is 10.8 Å². The number of rotatable bonds is 7. The number of nitrogens with two attached hydrogens (primary N) is 1. The van der Waals surface area contributed by atoms with E-state index in [0.717, 1.165) is 24.7 Å². The minimum absolute atomic E-state index is 0.576.